The lowest BCUT2D eigenvalue weighted by molar-refractivity contribution is 0.371. The third-order valence-electron chi connectivity index (χ3n) is 4.74. The number of guanidine groups is 1. The topological polar surface area (TPSA) is 75.3 Å². The summed E-state index contributed by atoms with van der Waals surface area (Å²) >= 11 is 0. The van der Waals surface area contributed by atoms with Crippen LogP contribution in [-0.2, 0) is 6.42 Å². The van der Waals surface area contributed by atoms with E-state index >= 15 is 0 Å². The molecule has 0 spiro atoms. The van der Waals surface area contributed by atoms with Crippen LogP contribution in [0.1, 0.15) is 83.3 Å². The number of hydrogen-bond donors (Lipinski definition) is 2. The highest BCUT2D eigenvalue weighted by Crippen LogP contribution is 2.28. The van der Waals surface area contributed by atoms with Crippen LogP contribution < -0.4 is 10.6 Å². The van der Waals surface area contributed by atoms with E-state index < -0.39 is 0 Å². The fourth-order valence-electron chi connectivity index (χ4n) is 3.27. The standard InChI is InChI=1S/C19H35N5O/c1-4-20-19(21-13-8-7-11-16-9-5-6-10-16)22-14-12-17-23-18(15(2)3)24-25-17/h15-16H,4-14H2,1-3H3,(H2,20,21,22). The maximum absolute atomic E-state index is 5.27. The van der Waals surface area contributed by atoms with Gasteiger partial charge in [-0.25, -0.2) is 0 Å². The van der Waals surface area contributed by atoms with Crippen LogP contribution in [0.2, 0.25) is 0 Å². The van der Waals surface area contributed by atoms with Crippen molar-refractivity contribution in [1.82, 2.24) is 20.8 Å². The molecule has 2 rings (SSSR count). The maximum Gasteiger partial charge on any atom is 0.228 e. The molecule has 1 fully saturated rings. The van der Waals surface area contributed by atoms with Crippen LogP contribution >= 0.6 is 0 Å². The highest BCUT2D eigenvalue weighted by atomic mass is 16.5. The molecular weight excluding hydrogens is 314 g/mol. The second-order valence-electron chi connectivity index (χ2n) is 7.28. The second kappa shape index (κ2) is 11.1. The Balaban J connectivity index is 1.64. The van der Waals surface area contributed by atoms with Gasteiger partial charge < -0.3 is 15.2 Å². The van der Waals surface area contributed by atoms with Crippen LogP contribution in [0.25, 0.3) is 0 Å². The Labute approximate surface area is 152 Å². The van der Waals surface area contributed by atoms with E-state index in [9.17, 15) is 0 Å². The molecule has 2 N–H and O–H groups in total. The lowest BCUT2D eigenvalue weighted by atomic mass is 10.0. The van der Waals surface area contributed by atoms with Gasteiger partial charge in [-0.15, -0.1) is 0 Å². The smallest absolute Gasteiger partial charge is 0.228 e. The largest absolute Gasteiger partial charge is 0.357 e. The van der Waals surface area contributed by atoms with Gasteiger partial charge in [0.2, 0.25) is 5.89 Å². The zero-order valence-electron chi connectivity index (χ0n) is 16.2. The molecule has 0 radical (unpaired) electrons. The van der Waals surface area contributed by atoms with Crippen LogP contribution in [0.5, 0.6) is 0 Å². The van der Waals surface area contributed by atoms with Crippen LogP contribution in [0.15, 0.2) is 9.52 Å². The zero-order valence-corrected chi connectivity index (χ0v) is 16.2. The van der Waals surface area contributed by atoms with E-state index in [2.05, 4.69) is 46.5 Å². The molecule has 0 aromatic carbocycles. The number of aromatic nitrogens is 2. The van der Waals surface area contributed by atoms with Crippen LogP contribution in [0.4, 0.5) is 0 Å². The Morgan fingerprint density at radius 3 is 2.72 bits per heavy atom. The summed E-state index contributed by atoms with van der Waals surface area (Å²) < 4.78 is 5.27. The van der Waals surface area contributed by atoms with Crippen LogP contribution in [0, 0.1) is 5.92 Å². The Morgan fingerprint density at radius 2 is 2.04 bits per heavy atom. The van der Waals surface area contributed by atoms with Crippen molar-refractivity contribution < 1.29 is 4.52 Å². The zero-order chi connectivity index (χ0) is 17.9. The number of nitrogens with zero attached hydrogens (tertiary/aromatic N) is 3. The van der Waals surface area contributed by atoms with Gasteiger partial charge in [-0.3, -0.25) is 4.99 Å². The molecule has 6 heteroatoms. The first-order chi connectivity index (χ1) is 12.2. The van der Waals surface area contributed by atoms with Gasteiger partial charge in [-0.1, -0.05) is 57.5 Å². The minimum Gasteiger partial charge on any atom is -0.357 e. The number of hydrogen-bond acceptors (Lipinski definition) is 4. The van der Waals surface area contributed by atoms with Crippen LogP contribution in [-0.4, -0.2) is 35.7 Å². The van der Waals surface area contributed by atoms with Gasteiger partial charge in [0.1, 0.15) is 0 Å². The summed E-state index contributed by atoms with van der Waals surface area (Å²) in [7, 11) is 0. The van der Waals surface area contributed by atoms with Gasteiger partial charge in [0.15, 0.2) is 11.8 Å². The summed E-state index contributed by atoms with van der Waals surface area (Å²) in [6.45, 7) is 8.72. The van der Waals surface area contributed by atoms with Crippen molar-refractivity contribution in [3.63, 3.8) is 0 Å². The molecule has 1 aromatic rings. The molecule has 0 atom stereocenters. The monoisotopic (exact) mass is 349 g/mol. The SMILES string of the molecule is CCNC(=NCCCCC1CCCC1)NCCc1nc(C(C)C)no1. The van der Waals surface area contributed by atoms with E-state index in [4.69, 9.17) is 4.52 Å². The molecule has 0 unspecified atom stereocenters. The molecule has 6 nitrogen and oxygen atoms in total. The number of unbranched alkanes of at least 4 members (excludes halogenated alkanes) is 1. The highest BCUT2D eigenvalue weighted by molar-refractivity contribution is 5.79. The van der Waals surface area contributed by atoms with Crippen molar-refractivity contribution in [2.75, 3.05) is 19.6 Å². The molecule has 1 heterocycles. The van der Waals surface area contributed by atoms with E-state index in [0.717, 1.165) is 37.3 Å². The molecule has 0 saturated heterocycles. The lowest BCUT2D eigenvalue weighted by Gasteiger charge is -2.11. The molecule has 1 saturated carbocycles. The van der Waals surface area contributed by atoms with Crippen molar-refractivity contribution in [3.05, 3.63) is 11.7 Å². The van der Waals surface area contributed by atoms with Crippen molar-refractivity contribution in [2.45, 2.75) is 78.1 Å². The van der Waals surface area contributed by atoms with Crippen molar-refractivity contribution >= 4 is 5.96 Å². The van der Waals surface area contributed by atoms with E-state index in [-0.39, 0.29) is 0 Å². The van der Waals surface area contributed by atoms with Gasteiger partial charge in [-0.2, -0.15) is 4.98 Å². The van der Waals surface area contributed by atoms with Crippen molar-refractivity contribution in [3.8, 4) is 0 Å². The molecule has 142 valence electrons. The summed E-state index contributed by atoms with van der Waals surface area (Å²) in [6, 6.07) is 0. The van der Waals surface area contributed by atoms with Gasteiger partial charge >= 0.3 is 0 Å². The number of aliphatic imine (C=N–C) groups is 1. The minimum atomic E-state index is 0.300. The molecule has 25 heavy (non-hydrogen) atoms. The first kappa shape index (κ1) is 19.7. The highest BCUT2D eigenvalue weighted by Gasteiger charge is 2.13. The first-order valence-electron chi connectivity index (χ1n) is 10.0. The van der Waals surface area contributed by atoms with Crippen molar-refractivity contribution in [1.29, 1.82) is 0 Å². The average molecular weight is 350 g/mol. The molecule has 0 bridgehead atoms. The molecule has 1 aromatic heterocycles. The molecular formula is C19H35N5O. The van der Waals surface area contributed by atoms with Gasteiger partial charge in [-0.05, 0) is 19.3 Å². The quantitative estimate of drug-likeness (QED) is 0.383. The molecule has 1 aliphatic rings. The summed E-state index contributed by atoms with van der Waals surface area (Å²) in [6.07, 6.45) is 10.3. The summed E-state index contributed by atoms with van der Waals surface area (Å²) in [5.74, 6) is 3.63. The number of nitrogens with one attached hydrogen (secondary N) is 2. The summed E-state index contributed by atoms with van der Waals surface area (Å²) in [4.78, 5) is 9.07. The van der Waals surface area contributed by atoms with Gasteiger partial charge in [0.25, 0.3) is 0 Å². The average Bonchev–Trinajstić information content (AvgIpc) is 3.26. The Kier molecular flexibility index (Phi) is 8.77. The van der Waals surface area contributed by atoms with Gasteiger partial charge in [0.05, 0.1) is 0 Å². The maximum atomic E-state index is 5.27. The van der Waals surface area contributed by atoms with E-state index in [1.807, 2.05) is 0 Å². The number of rotatable bonds is 10. The normalized spacial score (nSPS) is 15.9. The van der Waals surface area contributed by atoms with Gasteiger partial charge in [0, 0.05) is 32.0 Å². The fraction of sp³-hybridized carbons (Fsp3) is 0.842. The first-order valence-corrected chi connectivity index (χ1v) is 10.0. The van der Waals surface area contributed by atoms with Crippen LogP contribution in [0.3, 0.4) is 0 Å². The third-order valence-corrected chi connectivity index (χ3v) is 4.74. The fourth-order valence-corrected chi connectivity index (χ4v) is 3.27. The molecule has 0 amide bonds. The summed E-state index contributed by atoms with van der Waals surface area (Å²) in [5.41, 5.74) is 0. The van der Waals surface area contributed by atoms with E-state index in [1.54, 1.807) is 0 Å². The third kappa shape index (κ3) is 7.45. The summed E-state index contributed by atoms with van der Waals surface area (Å²) in [5, 5.41) is 10.6. The predicted octanol–water partition coefficient (Wildman–Crippen LogP) is 3.65. The lowest BCUT2D eigenvalue weighted by Crippen LogP contribution is -2.38. The Hall–Kier alpha value is -1.59. The van der Waals surface area contributed by atoms with E-state index in [0.29, 0.717) is 18.2 Å². The second-order valence-corrected chi connectivity index (χ2v) is 7.28. The molecule has 1 aliphatic carbocycles. The van der Waals surface area contributed by atoms with Crippen molar-refractivity contribution in [2.24, 2.45) is 10.9 Å². The molecule has 0 aliphatic heterocycles. The minimum absolute atomic E-state index is 0.300. The predicted molar refractivity (Wildman–Crippen MR) is 102 cm³/mol. The van der Waals surface area contributed by atoms with E-state index in [1.165, 1.54) is 44.9 Å². The Bertz CT molecular complexity index is 506. The Morgan fingerprint density at radius 1 is 1.24 bits per heavy atom.